The van der Waals surface area contributed by atoms with Gasteiger partial charge in [-0.2, -0.15) is 0 Å². The Morgan fingerprint density at radius 1 is 1.26 bits per heavy atom. The molecule has 0 bridgehead atoms. The fourth-order valence-electron chi connectivity index (χ4n) is 2.32. The lowest BCUT2D eigenvalue weighted by Crippen LogP contribution is -2.55. The van der Waals surface area contributed by atoms with E-state index in [0.29, 0.717) is 24.0 Å². The Balaban J connectivity index is 1.51. The smallest absolute Gasteiger partial charge is 0.246 e. The number of hydrogen-bond donors (Lipinski definition) is 0. The minimum Gasteiger partial charge on any atom is -0.471 e. The SMILES string of the molecule is Cc1cccc(OC2CN(C(=O)/C=C/c3ccccc3Cl)C2)n1. The van der Waals surface area contributed by atoms with Crippen LogP contribution in [-0.2, 0) is 4.79 Å². The second kappa shape index (κ2) is 6.84. The van der Waals surface area contributed by atoms with Crippen LogP contribution in [0.25, 0.3) is 6.08 Å². The Morgan fingerprint density at radius 3 is 2.78 bits per heavy atom. The minimum atomic E-state index is -0.0398. The molecule has 1 aromatic carbocycles. The molecule has 118 valence electrons. The van der Waals surface area contributed by atoms with Gasteiger partial charge in [0.25, 0.3) is 0 Å². The molecule has 2 heterocycles. The van der Waals surface area contributed by atoms with Crippen LogP contribution in [0.1, 0.15) is 11.3 Å². The molecule has 0 radical (unpaired) electrons. The maximum Gasteiger partial charge on any atom is 0.246 e. The monoisotopic (exact) mass is 328 g/mol. The zero-order valence-corrected chi connectivity index (χ0v) is 13.5. The van der Waals surface area contributed by atoms with Crippen molar-refractivity contribution in [2.45, 2.75) is 13.0 Å². The number of hydrogen-bond acceptors (Lipinski definition) is 3. The molecule has 1 aromatic heterocycles. The highest BCUT2D eigenvalue weighted by Crippen LogP contribution is 2.19. The van der Waals surface area contributed by atoms with Crippen LogP contribution < -0.4 is 4.74 Å². The summed E-state index contributed by atoms with van der Waals surface area (Å²) in [7, 11) is 0. The first-order valence-electron chi connectivity index (χ1n) is 7.43. The Hall–Kier alpha value is -2.33. The number of benzene rings is 1. The molecule has 0 unspecified atom stereocenters. The van der Waals surface area contributed by atoms with Crippen LogP contribution in [0.5, 0.6) is 5.88 Å². The zero-order valence-electron chi connectivity index (χ0n) is 12.8. The number of amides is 1. The summed E-state index contributed by atoms with van der Waals surface area (Å²) in [6, 6.07) is 13.1. The lowest BCUT2D eigenvalue weighted by molar-refractivity contribution is -0.134. The normalized spacial score (nSPS) is 14.8. The van der Waals surface area contributed by atoms with Gasteiger partial charge in [-0.3, -0.25) is 4.79 Å². The molecule has 0 N–H and O–H groups in total. The van der Waals surface area contributed by atoms with E-state index in [4.69, 9.17) is 16.3 Å². The predicted molar refractivity (Wildman–Crippen MR) is 90.5 cm³/mol. The third kappa shape index (κ3) is 3.90. The van der Waals surface area contributed by atoms with Gasteiger partial charge < -0.3 is 9.64 Å². The first kappa shape index (κ1) is 15.6. The van der Waals surface area contributed by atoms with E-state index >= 15 is 0 Å². The van der Waals surface area contributed by atoms with Crippen molar-refractivity contribution in [3.8, 4) is 5.88 Å². The van der Waals surface area contributed by atoms with Gasteiger partial charge in [0.05, 0.1) is 13.1 Å². The molecular formula is C18H17ClN2O2. The molecular weight excluding hydrogens is 312 g/mol. The van der Waals surface area contributed by atoms with Gasteiger partial charge in [0.2, 0.25) is 11.8 Å². The summed E-state index contributed by atoms with van der Waals surface area (Å²) in [5, 5.41) is 0.631. The highest BCUT2D eigenvalue weighted by molar-refractivity contribution is 6.32. The highest BCUT2D eigenvalue weighted by Gasteiger charge is 2.31. The molecule has 3 rings (SSSR count). The molecule has 1 saturated heterocycles. The van der Waals surface area contributed by atoms with Gasteiger partial charge in [-0.15, -0.1) is 0 Å². The van der Waals surface area contributed by atoms with Crippen molar-refractivity contribution in [1.29, 1.82) is 0 Å². The third-order valence-corrected chi connectivity index (χ3v) is 3.96. The lowest BCUT2D eigenvalue weighted by Gasteiger charge is -2.38. The predicted octanol–water partition coefficient (Wildman–Crippen LogP) is 3.35. The molecule has 4 nitrogen and oxygen atoms in total. The summed E-state index contributed by atoms with van der Waals surface area (Å²) in [6.45, 7) is 3.06. The van der Waals surface area contributed by atoms with Crippen LogP contribution in [-0.4, -0.2) is 35.0 Å². The molecule has 1 fully saturated rings. The number of nitrogens with zero attached hydrogens (tertiary/aromatic N) is 2. The quantitative estimate of drug-likeness (QED) is 0.808. The second-order valence-electron chi connectivity index (χ2n) is 5.46. The molecule has 2 aromatic rings. The van der Waals surface area contributed by atoms with E-state index in [9.17, 15) is 4.79 Å². The molecule has 0 saturated carbocycles. The number of rotatable bonds is 4. The van der Waals surface area contributed by atoms with Gasteiger partial charge >= 0.3 is 0 Å². The summed E-state index contributed by atoms with van der Waals surface area (Å²) >= 11 is 6.06. The largest absolute Gasteiger partial charge is 0.471 e. The van der Waals surface area contributed by atoms with Crippen LogP contribution in [0.3, 0.4) is 0 Å². The first-order valence-corrected chi connectivity index (χ1v) is 7.81. The van der Waals surface area contributed by atoms with Crippen LogP contribution in [0.4, 0.5) is 0 Å². The number of carbonyl (C=O) groups is 1. The van der Waals surface area contributed by atoms with Crippen LogP contribution >= 0.6 is 11.6 Å². The summed E-state index contributed by atoms with van der Waals surface area (Å²) in [5.41, 5.74) is 1.75. The van der Waals surface area contributed by atoms with Crippen molar-refractivity contribution < 1.29 is 9.53 Å². The highest BCUT2D eigenvalue weighted by atomic mass is 35.5. The van der Waals surface area contributed by atoms with E-state index in [-0.39, 0.29) is 12.0 Å². The molecule has 5 heteroatoms. The fourth-order valence-corrected chi connectivity index (χ4v) is 2.52. The van der Waals surface area contributed by atoms with Crippen molar-refractivity contribution >= 4 is 23.6 Å². The summed E-state index contributed by atoms with van der Waals surface area (Å²) < 4.78 is 5.74. The fraction of sp³-hybridized carbons (Fsp3) is 0.222. The average molecular weight is 329 g/mol. The first-order chi connectivity index (χ1) is 11.1. The van der Waals surface area contributed by atoms with E-state index in [1.165, 1.54) is 0 Å². The maximum absolute atomic E-state index is 12.1. The van der Waals surface area contributed by atoms with Gasteiger partial charge in [-0.1, -0.05) is 35.9 Å². The topological polar surface area (TPSA) is 42.4 Å². The molecule has 1 amide bonds. The summed E-state index contributed by atoms with van der Waals surface area (Å²) in [6.07, 6.45) is 3.28. The van der Waals surface area contributed by atoms with Crippen molar-refractivity contribution in [1.82, 2.24) is 9.88 Å². The molecule has 1 aliphatic rings. The summed E-state index contributed by atoms with van der Waals surface area (Å²) in [4.78, 5) is 18.1. The van der Waals surface area contributed by atoms with E-state index in [1.54, 1.807) is 23.1 Å². The van der Waals surface area contributed by atoms with E-state index in [2.05, 4.69) is 4.98 Å². The van der Waals surface area contributed by atoms with Gasteiger partial charge in [0.1, 0.15) is 6.10 Å². The molecule has 0 atom stereocenters. The van der Waals surface area contributed by atoms with Crippen LogP contribution in [0, 0.1) is 6.92 Å². The third-order valence-electron chi connectivity index (χ3n) is 3.62. The van der Waals surface area contributed by atoms with Crippen molar-refractivity contribution in [2.24, 2.45) is 0 Å². The number of aromatic nitrogens is 1. The number of likely N-dealkylation sites (tertiary alicyclic amines) is 1. The summed E-state index contributed by atoms with van der Waals surface area (Å²) in [5.74, 6) is 0.565. The van der Waals surface area contributed by atoms with Crippen molar-refractivity contribution in [3.05, 3.63) is 64.8 Å². The van der Waals surface area contributed by atoms with Crippen LogP contribution in [0.2, 0.25) is 5.02 Å². The molecule has 1 aliphatic heterocycles. The number of aryl methyl sites for hydroxylation is 1. The van der Waals surface area contributed by atoms with Gasteiger partial charge in [0.15, 0.2) is 0 Å². The second-order valence-corrected chi connectivity index (χ2v) is 5.86. The number of carbonyl (C=O) groups excluding carboxylic acids is 1. The standard InChI is InChI=1S/C18H17ClN2O2/c1-13-5-4-8-17(20-13)23-15-11-21(12-15)18(22)10-9-14-6-2-3-7-16(14)19/h2-10,15H,11-12H2,1H3/b10-9+. The maximum atomic E-state index is 12.1. The molecule has 23 heavy (non-hydrogen) atoms. The van der Waals surface area contributed by atoms with E-state index in [1.807, 2.05) is 43.3 Å². The van der Waals surface area contributed by atoms with Crippen LogP contribution in [0.15, 0.2) is 48.5 Å². The van der Waals surface area contributed by atoms with Gasteiger partial charge in [-0.25, -0.2) is 4.98 Å². The molecule has 0 spiro atoms. The molecule has 0 aliphatic carbocycles. The van der Waals surface area contributed by atoms with Gasteiger partial charge in [-0.05, 0) is 30.7 Å². The Bertz CT molecular complexity index is 739. The van der Waals surface area contributed by atoms with E-state index in [0.717, 1.165) is 11.3 Å². The van der Waals surface area contributed by atoms with Crippen molar-refractivity contribution in [3.63, 3.8) is 0 Å². The number of halogens is 1. The lowest BCUT2D eigenvalue weighted by atomic mass is 10.1. The van der Waals surface area contributed by atoms with Crippen molar-refractivity contribution in [2.75, 3.05) is 13.1 Å². The van der Waals surface area contributed by atoms with Gasteiger partial charge in [0, 0.05) is 22.9 Å². The average Bonchev–Trinajstić information content (AvgIpc) is 2.49. The minimum absolute atomic E-state index is 0.00182. The Kier molecular flexibility index (Phi) is 4.63. The zero-order chi connectivity index (χ0) is 16.2. The number of pyridine rings is 1. The van der Waals surface area contributed by atoms with E-state index < -0.39 is 0 Å². The Morgan fingerprint density at radius 2 is 2.04 bits per heavy atom. The number of ether oxygens (including phenoxy) is 1. The Labute approximate surface area is 140 Å².